The highest BCUT2D eigenvalue weighted by atomic mass is 32.1. The Labute approximate surface area is 158 Å². The van der Waals surface area contributed by atoms with Crippen LogP contribution in [0.25, 0.3) is 10.6 Å². The van der Waals surface area contributed by atoms with Gasteiger partial charge in [0.25, 0.3) is 11.8 Å². The lowest BCUT2D eigenvalue weighted by Crippen LogP contribution is -2.24. The number of anilines is 1. The van der Waals surface area contributed by atoms with Crippen LogP contribution >= 0.6 is 22.9 Å². The van der Waals surface area contributed by atoms with E-state index in [1.54, 1.807) is 6.92 Å². The number of rotatable bonds is 3. The minimum Gasteiger partial charge on any atom is -0.313 e. The minimum absolute atomic E-state index is 0.127. The lowest BCUT2D eigenvalue weighted by Gasteiger charge is -2.21. The van der Waals surface area contributed by atoms with Crippen molar-refractivity contribution >= 4 is 33.8 Å². The molecule has 2 aliphatic carbocycles. The topological polar surface area (TPSA) is 54.9 Å². The van der Waals surface area contributed by atoms with E-state index in [1.165, 1.54) is 22.9 Å². The van der Waals surface area contributed by atoms with Gasteiger partial charge in [0.1, 0.15) is 15.8 Å². The van der Waals surface area contributed by atoms with Crippen LogP contribution in [0.4, 0.5) is 13.8 Å². The molecule has 0 aliphatic heterocycles. The van der Waals surface area contributed by atoms with Gasteiger partial charge in [-0.2, -0.15) is 4.37 Å². The summed E-state index contributed by atoms with van der Waals surface area (Å²) in [6, 6.07) is 0. The first-order chi connectivity index (χ1) is 12.4. The second-order valence-corrected chi connectivity index (χ2v) is 8.67. The molecule has 1 N–H and O–H groups in total. The van der Waals surface area contributed by atoms with Crippen LogP contribution in [0, 0.1) is 6.92 Å². The third-order valence-electron chi connectivity index (χ3n) is 4.80. The zero-order valence-electron chi connectivity index (χ0n) is 14.4. The molecule has 0 atom stereocenters. The third-order valence-corrected chi connectivity index (χ3v) is 6.77. The van der Waals surface area contributed by atoms with Crippen molar-refractivity contribution < 1.29 is 13.6 Å². The van der Waals surface area contributed by atoms with Crippen LogP contribution < -0.4 is 5.32 Å². The van der Waals surface area contributed by atoms with E-state index < -0.39 is 5.92 Å². The summed E-state index contributed by atoms with van der Waals surface area (Å²) in [5.74, 6) is -2.16. The molecule has 2 aromatic rings. The third kappa shape index (κ3) is 3.44. The monoisotopic (exact) mass is 395 g/mol. The second-order valence-electron chi connectivity index (χ2n) is 6.82. The number of nitrogens with one attached hydrogen (secondary N) is 1. The molecule has 0 aromatic carbocycles. The molecule has 0 radical (unpaired) electrons. The van der Waals surface area contributed by atoms with Gasteiger partial charge in [0, 0.05) is 23.3 Å². The summed E-state index contributed by atoms with van der Waals surface area (Å²) in [6.07, 6.45) is 5.64. The molecule has 0 saturated heterocycles. The van der Waals surface area contributed by atoms with Crippen LogP contribution in [0.1, 0.15) is 48.4 Å². The fourth-order valence-corrected chi connectivity index (χ4v) is 5.63. The Morgan fingerprint density at radius 2 is 2.15 bits per heavy atom. The standard InChI is InChI=1S/C18H19F2N3OS2/c1-10-21-17(26-23-10)14-12-7-8-18(19,20)9-13(12)25-16(14)22-15(24)11-5-3-2-4-6-11/h5H,2-4,6-9H2,1H3,(H,22,24). The first-order valence-corrected chi connectivity index (χ1v) is 10.4. The number of carbonyl (C=O) groups excluding carboxylic acids is 1. The highest BCUT2D eigenvalue weighted by molar-refractivity contribution is 7.18. The molecule has 4 nitrogen and oxygen atoms in total. The van der Waals surface area contributed by atoms with Crippen LogP contribution in [0.3, 0.4) is 0 Å². The molecule has 26 heavy (non-hydrogen) atoms. The maximum absolute atomic E-state index is 13.9. The highest BCUT2D eigenvalue weighted by Crippen LogP contribution is 2.47. The Balaban J connectivity index is 1.72. The van der Waals surface area contributed by atoms with E-state index in [2.05, 4.69) is 14.7 Å². The van der Waals surface area contributed by atoms with Crippen molar-refractivity contribution in [2.24, 2.45) is 0 Å². The number of fused-ring (bicyclic) bond motifs is 1. The van der Waals surface area contributed by atoms with Gasteiger partial charge in [-0.1, -0.05) is 6.08 Å². The summed E-state index contributed by atoms with van der Waals surface area (Å²) in [5, 5.41) is 4.30. The van der Waals surface area contributed by atoms with Crippen molar-refractivity contribution in [3.63, 3.8) is 0 Å². The number of hydrogen-bond donors (Lipinski definition) is 1. The number of alkyl halides is 2. The largest absolute Gasteiger partial charge is 0.313 e. The van der Waals surface area contributed by atoms with Crippen molar-refractivity contribution in [3.8, 4) is 10.6 Å². The quantitative estimate of drug-likeness (QED) is 0.783. The Hall–Kier alpha value is -1.67. The van der Waals surface area contributed by atoms with Crippen molar-refractivity contribution in [1.82, 2.24) is 9.36 Å². The molecular weight excluding hydrogens is 376 g/mol. The van der Waals surface area contributed by atoms with E-state index in [-0.39, 0.29) is 18.7 Å². The van der Waals surface area contributed by atoms with Crippen molar-refractivity contribution in [2.45, 2.75) is 57.8 Å². The summed E-state index contributed by atoms with van der Waals surface area (Å²) in [4.78, 5) is 17.7. The van der Waals surface area contributed by atoms with Crippen LogP contribution in [-0.4, -0.2) is 21.2 Å². The van der Waals surface area contributed by atoms with E-state index in [0.29, 0.717) is 27.1 Å². The first kappa shape index (κ1) is 17.7. The number of allylic oxidation sites excluding steroid dienone is 1. The molecule has 4 rings (SSSR count). The molecule has 138 valence electrons. The Morgan fingerprint density at radius 1 is 1.31 bits per heavy atom. The number of aryl methyl sites for hydroxylation is 1. The Bertz CT molecular complexity index is 885. The van der Waals surface area contributed by atoms with Crippen LogP contribution in [-0.2, 0) is 17.6 Å². The Kier molecular flexibility index (Phi) is 4.64. The summed E-state index contributed by atoms with van der Waals surface area (Å²) >= 11 is 2.51. The van der Waals surface area contributed by atoms with Gasteiger partial charge < -0.3 is 5.32 Å². The molecule has 8 heteroatoms. The molecule has 2 aliphatic rings. The average molecular weight is 396 g/mol. The lowest BCUT2D eigenvalue weighted by molar-refractivity contribution is -0.113. The van der Waals surface area contributed by atoms with E-state index in [9.17, 15) is 13.6 Å². The Morgan fingerprint density at radius 3 is 2.85 bits per heavy atom. The number of halogens is 2. The van der Waals surface area contributed by atoms with Gasteiger partial charge in [0.15, 0.2) is 0 Å². The molecule has 0 fully saturated rings. The number of carbonyl (C=O) groups is 1. The number of aromatic nitrogens is 2. The average Bonchev–Trinajstić information content (AvgIpc) is 3.17. The van der Waals surface area contributed by atoms with Crippen LogP contribution in [0.5, 0.6) is 0 Å². The van der Waals surface area contributed by atoms with Gasteiger partial charge in [0.05, 0.1) is 5.56 Å². The summed E-state index contributed by atoms with van der Waals surface area (Å²) < 4.78 is 32.0. The first-order valence-electron chi connectivity index (χ1n) is 8.76. The molecule has 0 bridgehead atoms. The van der Waals surface area contributed by atoms with Crippen molar-refractivity contribution in [2.75, 3.05) is 5.32 Å². The number of nitrogens with zero attached hydrogens (tertiary/aromatic N) is 2. The number of amides is 1. The predicted octanol–water partition coefficient (Wildman–Crippen LogP) is 5.14. The van der Waals surface area contributed by atoms with Gasteiger partial charge in [0.2, 0.25) is 0 Å². The fourth-order valence-electron chi connectivity index (χ4n) is 3.49. The van der Waals surface area contributed by atoms with Gasteiger partial charge in [-0.15, -0.1) is 11.3 Å². The molecule has 2 heterocycles. The molecule has 2 aromatic heterocycles. The normalized spacial score (nSPS) is 19.0. The van der Waals surface area contributed by atoms with Crippen molar-refractivity contribution in [3.05, 3.63) is 27.9 Å². The lowest BCUT2D eigenvalue weighted by atomic mass is 9.93. The second kappa shape index (κ2) is 6.81. The van der Waals surface area contributed by atoms with E-state index in [1.807, 2.05) is 6.08 Å². The molecule has 0 spiro atoms. The van der Waals surface area contributed by atoms with Crippen molar-refractivity contribution in [1.29, 1.82) is 0 Å². The highest BCUT2D eigenvalue weighted by Gasteiger charge is 2.38. The van der Waals surface area contributed by atoms with E-state index in [4.69, 9.17) is 0 Å². The molecule has 0 unspecified atom stereocenters. The fraction of sp³-hybridized carbons (Fsp3) is 0.500. The zero-order valence-corrected chi connectivity index (χ0v) is 16.0. The molecule has 0 saturated carbocycles. The summed E-state index contributed by atoms with van der Waals surface area (Å²) in [5.41, 5.74) is 2.47. The SMILES string of the molecule is Cc1nsc(-c2c(NC(=O)C3=CCCCC3)sc3c2CCC(F)(F)C3)n1. The molecule has 1 amide bonds. The number of hydrogen-bond acceptors (Lipinski definition) is 5. The molecular formula is C18H19F2N3OS2. The van der Waals surface area contributed by atoms with Crippen LogP contribution in [0.2, 0.25) is 0 Å². The van der Waals surface area contributed by atoms with Gasteiger partial charge >= 0.3 is 0 Å². The van der Waals surface area contributed by atoms with Gasteiger partial charge in [-0.25, -0.2) is 13.8 Å². The van der Waals surface area contributed by atoms with Crippen LogP contribution in [0.15, 0.2) is 11.6 Å². The summed E-state index contributed by atoms with van der Waals surface area (Å²) in [7, 11) is 0. The predicted molar refractivity (Wildman–Crippen MR) is 100 cm³/mol. The van der Waals surface area contributed by atoms with Gasteiger partial charge in [-0.3, -0.25) is 4.79 Å². The summed E-state index contributed by atoms with van der Waals surface area (Å²) in [6.45, 7) is 1.80. The smallest absolute Gasteiger partial charge is 0.253 e. The van der Waals surface area contributed by atoms with E-state index in [0.717, 1.165) is 42.4 Å². The minimum atomic E-state index is -2.68. The zero-order chi connectivity index (χ0) is 18.3. The maximum atomic E-state index is 13.9. The van der Waals surface area contributed by atoms with E-state index >= 15 is 0 Å². The number of thiophene rings is 1. The maximum Gasteiger partial charge on any atom is 0.253 e. The van der Waals surface area contributed by atoms with Gasteiger partial charge in [-0.05, 0) is 56.1 Å².